The Morgan fingerprint density at radius 1 is 0.966 bits per heavy atom. The number of benzene rings is 2. The highest BCUT2D eigenvalue weighted by molar-refractivity contribution is 5.91. The van der Waals surface area contributed by atoms with Crippen LogP contribution in [-0.4, -0.2) is 38.1 Å². The molecule has 0 saturated carbocycles. The zero-order valence-electron chi connectivity index (χ0n) is 17.3. The molecule has 1 fully saturated rings. The maximum absolute atomic E-state index is 12.2. The molecule has 29 heavy (non-hydrogen) atoms. The summed E-state index contributed by atoms with van der Waals surface area (Å²) in [7, 11) is 3.21. The molecule has 1 amide bonds. The van der Waals surface area contributed by atoms with Crippen LogP contribution in [0.1, 0.15) is 36.0 Å². The molecule has 1 aliphatic rings. The van der Waals surface area contributed by atoms with Gasteiger partial charge in [-0.1, -0.05) is 30.7 Å². The molecule has 0 spiro atoms. The first kappa shape index (κ1) is 20.9. The molecule has 154 valence electrons. The van der Waals surface area contributed by atoms with Crippen LogP contribution in [0, 0.1) is 0 Å². The van der Waals surface area contributed by atoms with Crippen molar-refractivity contribution in [1.82, 2.24) is 10.2 Å². The first-order valence-electron chi connectivity index (χ1n) is 10.2. The lowest BCUT2D eigenvalue weighted by atomic mass is 10.1. The highest BCUT2D eigenvalue weighted by atomic mass is 16.5. The van der Waals surface area contributed by atoms with Gasteiger partial charge in [0.2, 0.25) is 5.91 Å². The predicted octanol–water partition coefficient (Wildman–Crippen LogP) is 4.02. The minimum absolute atomic E-state index is 0.135. The summed E-state index contributed by atoms with van der Waals surface area (Å²) >= 11 is 0. The average Bonchev–Trinajstić information content (AvgIpc) is 2.77. The van der Waals surface area contributed by atoms with Crippen LogP contribution in [0.3, 0.4) is 0 Å². The molecule has 5 heteroatoms. The van der Waals surface area contributed by atoms with E-state index in [0.29, 0.717) is 18.0 Å². The molecule has 0 radical (unpaired) electrons. The van der Waals surface area contributed by atoms with Gasteiger partial charge in [-0.05, 0) is 60.8 Å². The molecule has 0 aliphatic carbocycles. The van der Waals surface area contributed by atoms with Gasteiger partial charge in [-0.25, -0.2) is 0 Å². The third-order valence-corrected chi connectivity index (χ3v) is 5.15. The van der Waals surface area contributed by atoms with Crippen LogP contribution in [0.15, 0.2) is 48.5 Å². The van der Waals surface area contributed by atoms with Crippen LogP contribution >= 0.6 is 0 Å². The fraction of sp³-hybridized carbons (Fsp3) is 0.375. The van der Waals surface area contributed by atoms with Crippen LogP contribution in [0.4, 0.5) is 0 Å². The summed E-state index contributed by atoms with van der Waals surface area (Å²) in [6, 6.07) is 14.0. The maximum Gasteiger partial charge on any atom is 0.244 e. The van der Waals surface area contributed by atoms with Crippen molar-refractivity contribution in [3.8, 4) is 11.5 Å². The minimum atomic E-state index is -0.135. The third kappa shape index (κ3) is 6.64. The standard InChI is InChI=1S/C24H30N2O3/c1-28-22-14-21(15-23(16-22)29-2)10-11-24(27)25-17-19-6-8-20(9-7-19)18-26-12-4-3-5-13-26/h6-11,14-16H,3-5,12-13,17-18H2,1-2H3,(H,25,27)/b11-10+. The van der Waals surface area contributed by atoms with Crippen LogP contribution in [0.2, 0.25) is 0 Å². The second-order valence-electron chi connectivity index (χ2n) is 7.35. The number of amides is 1. The summed E-state index contributed by atoms with van der Waals surface area (Å²) in [5, 5.41) is 2.93. The van der Waals surface area contributed by atoms with Gasteiger partial charge in [0.15, 0.2) is 0 Å². The number of piperidine rings is 1. The summed E-state index contributed by atoms with van der Waals surface area (Å²) in [5.41, 5.74) is 3.27. The number of hydrogen-bond donors (Lipinski definition) is 1. The van der Waals surface area contributed by atoms with Gasteiger partial charge in [0.05, 0.1) is 14.2 Å². The molecule has 0 unspecified atom stereocenters. The van der Waals surface area contributed by atoms with E-state index in [-0.39, 0.29) is 5.91 Å². The van der Waals surface area contributed by atoms with Crippen LogP contribution in [0.5, 0.6) is 11.5 Å². The van der Waals surface area contributed by atoms with Crippen molar-refractivity contribution in [2.75, 3.05) is 27.3 Å². The van der Waals surface area contributed by atoms with Crippen molar-refractivity contribution in [3.63, 3.8) is 0 Å². The quantitative estimate of drug-likeness (QED) is 0.687. The molecule has 0 bridgehead atoms. The van der Waals surface area contributed by atoms with Gasteiger partial charge in [0, 0.05) is 25.2 Å². The lowest BCUT2D eigenvalue weighted by Crippen LogP contribution is -2.29. The van der Waals surface area contributed by atoms with Gasteiger partial charge in [-0.15, -0.1) is 0 Å². The van der Waals surface area contributed by atoms with E-state index in [1.807, 2.05) is 12.1 Å². The van der Waals surface area contributed by atoms with Crippen molar-refractivity contribution in [2.24, 2.45) is 0 Å². The Balaban J connectivity index is 1.49. The monoisotopic (exact) mass is 394 g/mol. The Bertz CT molecular complexity index is 802. The van der Waals surface area contributed by atoms with Gasteiger partial charge in [0.25, 0.3) is 0 Å². The smallest absolute Gasteiger partial charge is 0.244 e. The molecule has 2 aromatic rings. The molecule has 1 aliphatic heterocycles. The molecule has 0 aromatic heterocycles. The SMILES string of the molecule is COc1cc(/C=C/C(=O)NCc2ccc(CN3CCCCC3)cc2)cc(OC)c1. The van der Waals surface area contributed by atoms with E-state index in [2.05, 4.69) is 34.5 Å². The first-order valence-corrected chi connectivity index (χ1v) is 10.2. The fourth-order valence-corrected chi connectivity index (χ4v) is 3.48. The molecule has 1 saturated heterocycles. The number of carbonyl (C=O) groups excluding carboxylic acids is 1. The number of carbonyl (C=O) groups is 1. The van der Waals surface area contributed by atoms with E-state index in [1.165, 1.54) is 44.0 Å². The summed E-state index contributed by atoms with van der Waals surface area (Å²) in [6.07, 6.45) is 7.25. The van der Waals surface area contributed by atoms with Gasteiger partial charge in [0.1, 0.15) is 11.5 Å². The van der Waals surface area contributed by atoms with E-state index in [1.54, 1.807) is 26.4 Å². The zero-order valence-corrected chi connectivity index (χ0v) is 17.3. The van der Waals surface area contributed by atoms with E-state index in [0.717, 1.165) is 17.7 Å². The Morgan fingerprint density at radius 2 is 1.59 bits per heavy atom. The van der Waals surface area contributed by atoms with E-state index >= 15 is 0 Å². The topological polar surface area (TPSA) is 50.8 Å². The van der Waals surface area contributed by atoms with E-state index < -0.39 is 0 Å². The van der Waals surface area contributed by atoms with Crippen LogP contribution < -0.4 is 14.8 Å². The Morgan fingerprint density at radius 3 is 2.21 bits per heavy atom. The number of nitrogens with zero attached hydrogens (tertiary/aromatic N) is 1. The molecule has 1 heterocycles. The van der Waals surface area contributed by atoms with Gasteiger partial charge in [-0.3, -0.25) is 9.69 Å². The number of ether oxygens (including phenoxy) is 2. The fourth-order valence-electron chi connectivity index (χ4n) is 3.48. The number of rotatable bonds is 8. The summed E-state index contributed by atoms with van der Waals surface area (Å²) in [4.78, 5) is 14.7. The van der Waals surface area contributed by atoms with Crippen molar-refractivity contribution in [3.05, 3.63) is 65.2 Å². The number of hydrogen-bond acceptors (Lipinski definition) is 4. The van der Waals surface area contributed by atoms with Crippen molar-refractivity contribution < 1.29 is 14.3 Å². The number of nitrogens with one attached hydrogen (secondary N) is 1. The van der Waals surface area contributed by atoms with Gasteiger partial charge < -0.3 is 14.8 Å². The van der Waals surface area contributed by atoms with Gasteiger partial charge >= 0.3 is 0 Å². The lowest BCUT2D eigenvalue weighted by Gasteiger charge is -2.26. The van der Waals surface area contributed by atoms with E-state index in [9.17, 15) is 4.79 Å². The first-order chi connectivity index (χ1) is 14.2. The summed E-state index contributed by atoms with van der Waals surface area (Å²) in [6.45, 7) is 3.92. The Hall–Kier alpha value is -2.79. The van der Waals surface area contributed by atoms with E-state index in [4.69, 9.17) is 9.47 Å². The number of likely N-dealkylation sites (tertiary alicyclic amines) is 1. The van der Waals surface area contributed by atoms with Crippen LogP contribution in [0.25, 0.3) is 6.08 Å². The summed E-state index contributed by atoms with van der Waals surface area (Å²) in [5.74, 6) is 1.24. The molecule has 3 rings (SSSR count). The highest BCUT2D eigenvalue weighted by Gasteiger charge is 2.10. The van der Waals surface area contributed by atoms with Crippen molar-refractivity contribution >= 4 is 12.0 Å². The highest BCUT2D eigenvalue weighted by Crippen LogP contribution is 2.23. The lowest BCUT2D eigenvalue weighted by molar-refractivity contribution is -0.116. The maximum atomic E-state index is 12.2. The second-order valence-corrected chi connectivity index (χ2v) is 7.35. The summed E-state index contributed by atoms with van der Waals surface area (Å²) < 4.78 is 10.5. The Labute approximate surface area is 173 Å². The zero-order chi connectivity index (χ0) is 20.5. The number of methoxy groups -OCH3 is 2. The molecule has 0 atom stereocenters. The molecular formula is C24H30N2O3. The molecule has 5 nitrogen and oxygen atoms in total. The Kier molecular flexibility index (Phi) is 7.70. The van der Waals surface area contributed by atoms with Gasteiger partial charge in [-0.2, -0.15) is 0 Å². The molecule has 2 aromatic carbocycles. The van der Waals surface area contributed by atoms with Crippen LogP contribution in [-0.2, 0) is 17.9 Å². The molecule has 1 N–H and O–H groups in total. The largest absolute Gasteiger partial charge is 0.497 e. The average molecular weight is 395 g/mol. The minimum Gasteiger partial charge on any atom is -0.497 e. The van der Waals surface area contributed by atoms with Crippen molar-refractivity contribution in [1.29, 1.82) is 0 Å². The van der Waals surface area contributed by atoms with Crippen molar-refractivity contribution in [2.45, 2.75) is 32.4 Å². The normalized spacial score (nSPS) is 14.7. The second kappa shape index (κ2) is 10.7. The molecular weight excluding hydrogens is 364 g/mol. The third-order valence-electron chi connectivity index (χ3n) is 5.15. The predicted molar refractivity (Wildman–Crippen MR) is 116 cm³/mol.